The van der Waals surface area contributed by atoms with E-state index in [1.54, 1.807) is 18.4 Å². The molecule has 0 spiro atoms. The lowest BCUT2D eigenvalue weighted by molar-refractivity contribution is 0.0389. The molecule has 0 atom stereocenters. The lowest BCUT2D eigenvalue weighted by atomic mass is 10.4. The number of aliphatic imine (C=N–C) groups is 1. The zero-order valence-electron chi connectivity index (χ0n) is 13.3. The van der Waals surface area contributed by atoms with E-state index in [2.05, 4.69) is 32.4 Å². The van der Waals surface area contributed by atoms with Crippen LogP contribution in [0, 0.1) is 6.92 Å². The van der Waals surface area contributed by atoms with Crippen molar-refractivity contribution in [2.24, 2.45) is 4.99 Å². The summed E-state index contributed by atoms with van der Waals surface area (Å²) in [5, 5.41) is 7.84. The molecule has 22 heavy (non-hydrogen) atoms. The Hall–Kier alpha value is -0.450. The first-order valence-corrected chi connectivity index (χ1v) is 8.25. The van der Waals surface area contributed by atoms with Gasteiger partial charge in [-0.3, -0.25) is 9.89 Å². The molecule has 8 heteroatoms. The molecule has 0 radical (unpaired) electrons. The molecule has 0 unspecified atom stereocenters. The van der Waals surface area contributed by atoms with Crippen molar-refractivity contribution in [3.63, 3.8) is 0 Å². The fourth-order valence-corrected chi connectivity index (χ4v) is 2.97. The molecule has 1 aromatic rings. The Morgan fingerprint density at radius 3 is 2.73 bits per heavy atom. The minimum absolute atomic E-state index is 0. The number of ether oxygens (including phenoxy) is 1. The number of nitrogens with zero attached hydrogens (tertiary/aromatic N) is 3. The molecule has 2 rings (SSSR count). The number of halogens is 1. The molecule has 1 fully saturated rings. The summed E-state index contributed by atoms with van der Waals surface area (Å²) < 4.78 is 5.34. The molecule has 0 aliphatic carbocycles. The van der Waals surface area contributed by atoms with Crippen LogP contribution in [0.5, 0.6) is 0 Å². The van der Waals surface area contributed by atoms with Crippen molar-refractivity contribution in [1.82, 2.24) is 20.5 Å². The van der Waals surface area contributed by atoms with Crippen LogP contribution in [0.4, 0.5) is 0 Å². The van der Waals surface area contributed by atoms with Crippen molar-refractivity contribution < 1.29 is 4.74 Å². The van der Waals surface area contributed by atoms with Gasteiger partial charge in [0.15, 0.2) is 5.96 Å². The molecule has 0 saturated carbocycles. The maximum Gasteiger partial charge on any atom is 0.191 e. The Kier molecular flexibility index (Phi) is 9.92. The lowest BCUT2D eigenvalue weighted by Gasteiger charge is -2.26. The van der Waals surface area contributed by atoms with Gasteiger partial charge in [0, 0.05) is 57.3 Å². The van der Waals surface area contributed by atoms with E-state index in [4.69, 9.17) is 4.74 Å². The molecule has 2 N–H and O–H groups in total. The van der Waals surface area contributed by atoms with Crippen molar-refractivity contribution >= 4 is 41.3 Å². The van der Waals surface area contributed by atoms with Crippen molar-refractivity contribution in [2.45, 2.75) is 13.3 Å². The maximum atomic E-state index is 5.34. The van der Waals surface area contributed by atoms with Gasteiger partial charge in [-0.05, 0) is 6.92 Å². The summed E-state index contributed by atoms with van der Waals surface area (Å²) in [5.41, 5.74) is 0. The number of guanidine groups is 1. The van der Waals surface area contributed by atoms with E-state index in [0.717, 1.165) is 58.3 Å². The molecule has 126 valence electrons. The van der Waals surface area contributed by atoms with Crippen LogP contribution < -0.4 is 10.6 Å². The Balaban J connectivity index is 0.00000242. The molecule has 0 amide bonds. The summed E-state index contributed by atoms with van der Waals surface area (Å²) in [6.45, 7) is 8.60. The summed E-state index contributed by atoms with van der Waals surface area (Å²) in [7, 11) is 1.80. The van der Waals surface area contributed by atoms with Gasteiger partial charge in [-0.1, -0.05) is 0 Å². The van der Waals surface area contributed by atoms with Crippen molar-refractivity contribution in [2.75, 3.05) is 53.0 Å². The highest BCUT2D eigenvalue weighted by atomic mass is 127. The average molecular weight is 439 g/mol. The Morgan fingerprint density at radius 1 is 1.36 bits per heavy atom. The van der Waals surface area contributed by atoms with E-state index in [1.807, 2.05) is 6.20 Å². The maximum absolute atomic E-state index is 5.34. The fourth-order valence-electron chi connectivity index (χ4n) is 2.18. The number of morpholine rings is 1. The number of nitrogens with one attached hydrogen (secondary N) is 2. The predicted octanol–water partition coefficient (Wildman–Crippen LogP) is 1.11. The van der Waals surface area contributed by atoms with Crippen molar-refractivity contribution in [3.8, 4) is 0 Å². The third-order valence-corrected chi connectivity index (χ3v) is 4.32. The van der Waals surface area contributed by atoms with Gasteiger partial charge in [0.2, 0.25) is 0 Å². The van der Waals surface area contributed by atoms with Crippen LogP contribution in [0.25, 0.3) is 0 Å². The van der Waals surface area contributed by atoms with Gasteiger partial charge >= 0.3 is 0 Å². The third kappa shape index (κ3) is 7.21. The summed E-state index contributed by atoms with van der Waals surface area (Å²) in [4.78, 5) is 12.3. The molecule has 0 bridgehead atoms. The van der Waals surface area contributed by atoms with Gasteiger partial charge < -0.3 is 15.4 Å². The largest absolute Gasteiger partial charge is 0.379 e. The van der Waals surface area contributed by atoms with Gasteiger partial charge in [0.25, 0.3) is 0 Å². The Bertz CT molecular complexity index is 448. The van der Waals surface area contributed by atoms with E-state index < -0.39 is 0 Å². The first kappa shape index (κ1) is 19.6. The average Bonchev–Trinajstić information content (AvgIpc) is 2.92. The summed E-state index contributed by atoms with van der Waals surface area (Å²) in [6.07, 6.45) is 2.86. The lowest BCUT2D eigenvalue weighted by Crippen LogP contribution is -2.44. The summed E-state index contributed by atoms with van der Waals surface area (Å²) in [5.74, 6) is 0.858. The first-order chi connectivity index (χ1) is 10.3. The van der Waals surface area contributed by atoms with Gasteiger partial charge in [0.1, 0.15) is 0 Å². The Morgan fingerprint density at radius 2 is 2.09 bits per heavy atom. The number of thiazole rings is 1. The summed E-state index contributed by atoms with van der Waals surface area (Å²) >= 11 is 1.75. The van der Waals surface area contributed by atoms with Crippen LogP contribution in [0.1, 0.15) is 9.88 Å². The molecule has 1 saturated heterocycles. The number of hydrogen-bond donors (Lipinski definition) is 2. The SMILES string of the molecule is CN=C(NCCc1ncc(C)s1)NCCN1CCOCC1.I. The van der Waals surface area contributed by atoms with Crippen LogP contribution in [0.15, 0.2) is 11.2 Å². The number of rotatable bonds is 6. The molecule has 0 aromatic carbocycles. The molecule has 2 heterocycles. The van der Waals surface area contributed by atoms with E-state index in [1.165, 1.54) is 9.88 Å². The zero-order chi connectivity index (χ0) is 14.9. The van der Waals surface area contributed by atoms with Crippen LogP contribution in [0.2, 0.25) is 0 Å². The van der Waals surface area contributed by atoms with Crippen molar-refractivity contribution in [1.29, 1.82) is 0 Å². The molecular formula is C14H26IN5OS. The number of hydrogen-bond acceptors (Lipinski definition) is 5. The highest BCUT2D eigenvalue weighted by Crippen LogP contribution is 2.10. The quantitative estimate of drug-likeness (QED) is 0.395. The second-order valence-corrected chi connectivity index (χ2v) is 6.31. The van der Waals surface area contributed by atoms with E-state index in [-0.39, 0.29) is 24.0 Å². The van der Waals surface area contributed by atoms with E-state index >= 15 is 0 Å². The fraction of sp³-hybridized carbons (Fsp3) is 0.714. The van der Waals surface area contributed by atoms with Gasteiger partial charge in [-0.15, -0.1) is 35.3 Å². The third-order valence-electron chi connectivity index (χ3n) is 3.35. The van der Waals surface area contributed by atoms with E-state index in [0.29, 0.717) is 0 Å². The molecule has 1 aromatic heterocycles. The monoisotopic (exact) mass is 439 g/mol. The second-order valence-electron chi connectivity index (χ2n) is 4.99. The van der Waals surface area contributed by atoms with Crippen LogP contribution in [-0.2, 0) is 11.2 Å². The van der Waals surface area contributed by atoms with E-state index in [9.17, 15) is 0 Å². The van der Waals surface area contributed by atoms with Gasteiger partial charge in [-0.25, -0.2) is 4.98 Å². The topological polar surface area (TPSA) is 61.8 Å². The normalized spacial score (nSPS) is 16.2. The van der Waals surface area contributed by atoms with Gasteiger partial charge in [-0.2, -0.15) is 0 Å². The smallest absolute Gasteiger partial charge is 0.191 e. The highest BCUT2D eigenvalue weighted by Gasteiger charge is 2.09. The minimum atomic E-state index is 0. The van der Waals surface area contributed by atoms with Crippen LogP contribution in [0.3, 0.4) is 0 Å². The number of aryl methyl sites for hydroxylation is 1. The molecule has 1 aliphatic rings. The Labute approximate surface area is 153 Å². The van der Waals surface area contributed by atoms with Gasteiger partial charge in [0.05, 0.1) is 18.2 Å². The standard InChI is InChI=1S/C14H25N5OS.HI/c1-12-11-18-13(21-12)3-4-16-14(15-2)17-5-6-19-7-9-20-10-8-19;/h11H,3-10H2,1-2H3,(H2,15,16,17);1H. The molecule has 6 nitrogen and oxygen atoms in total. The highest BCUT2D eigenvalue weighted by molar-refractivity contribution is 14.0. The second kappa shape index (κ2) is 11.1. The molecule has 1 aliphatic heterocycles. The number of aromatic nitrogens is 1. The molecular weight excluding hydrogens is 413 g/mol. The summed E-state index contributed by atoms with van der Waals surface area (Å²) in [6, 6.07) is 0. The van der Waals surface area contributed by atoms with Crippen LogP contribution >= 0.6 is 35.3 Å². The van der Waals surface area contributed by atoms with Crippen LogP contribution in [-0.4, -0.2) is 68.8 Å². The predicted molar refractivity (Wildman–Crippen MR) is 103 cm³/mol. The zero-order valence-corrected chi connectivity index (χ0v) is 16.4. The first-order valence-electron chi connectivity index (χ1n) is 7.44. The minimum Gasteiger partial charge on any atom is -0.379 e. The van der Waals surface area contributed by atoms with Crippen molar-refractivity contribution in [3.05, 3.63) is 16.1 Å².